The third-order valence-electron chi connectivity index (χ3n) is 3.54. The van der Waals surface area contributed by atoms with E-state index in [1.807, 2.05) is 6.20 Å². The number of nitrogens with one attached hydrogen (secondary N) is 1. The Morgan fingerprint density at radius 1 is 1.10 bits per heavy atom. The molecule has 0 atom stereocenters. The fraction of sp³-hybridized carbons (Fsp3) is 0.500. The molecule has 0 aliphatic heterocycles. The molecule has 0 aliphatic rings. The SMILES string of the molecule is CC(C)NCCCc1ncc(-c2ccc(C(C)C)cc2)o1. The third-order valence-corrected chi connectivity index (χ3v) is 3.54. The smallest absolute Gasteiger partial charge is 0.194 e. The van der Waals surface area contributed by atoms with E-state index in [9.17, 15) is 0 Å². The van der Waals surface area contributed by atoms with E-state index in [4.69, 9.17) is 4.42 Å². The van der Waals surface area contributed by atoms with Crippen LogP contribution < -0.4 is 5.32 Å². The van der Waals surface area contributed by atoms with Gasteiger partial charge < -0.3 is 9.73 Å². The van der Waals surface area contributed by atoms with Crippen molar-refractivity contribution in [2.24, 2.45) is 0 Å². The first-order valence-corrected chi connectivity index (χ1v) is 7.84. The summed E-state index contributed by atoms with van der Waals surface area (Å²) in [6.45, 7) is 9.71. The second-order valence-corrected chi connectivity index (χ2v) is 6.11. The van der Waals surface area contributed by atoms with Gasteiger partial charge in [-0.15, -0.1) is 0 Å². The first-order chi connectivity index (χ1) is 10.1. The quantitative estimate of drug-likeness (QED) is 0.767. The van der Waals surface area contributed by atoms with Crippen LogP contribution in [0.15, 0.2) is 34.9 Å². The largest absolute Gasteiger partial charge is 0.441 e. The Balaban J connectivity index is 1.93. The molecule has 1 N–H and O–H groups in total. The Morgan fingerprint density at radius 3 is 2.43 bits per heavy atom. The van der Waals surface area contributed by atoms with Crippen molar-refractivity contribution in [3.8, 4) is 11.3 Å². The molecule has 0 fully saturated rings. The van der Waals surface area contributed by atoms with Crippen LogP contribution in [-0.4, -0.2) is 17.6 Å². The number of aromatic nitrogens is 1. The maximum Gasteiger partial charge on any atom is 0.194 e. The molecular formula is C18H26N2O. The summed E-state index contributed by atoms with van der Waals surface area (Å²) in [5.41, 5.74) is 2.44. The van der Waals surface area contributed by atoms with Gasteiger partial charge in [-0.3, -0.25) is 0 Å². The van der Waals surface area contributed by atoms with Gasteiger partial charge in [0.25, 0.3) is 0 Å². The highest BCUT2D eigenvalue weighted by molar-refractivity contribution is 5.56. The van der Waals surface area contributed by atoms with Gasteiger partial charge in [0.2, 0.25) is 0 Å². The summed E-state index contributed by atoms with van der Waals surface area (Å²) in [6.07, 6.45) is 3.75. The minimum Gasteiger partial charge on any atom is -0.441 e. The van der Waals surface area contributed by atoms with Gasteiger partial charge in [0.05, 0.1) is 6.20 Å². The molecule has 0 amide bonds. The van der Waals surface area contributed by atoms with Gasteiger partial charge >= 0.3 is 0 Å². The molecule has 3 heteroatoms. The normalized spacial score (nSPS) is 11.5. The zero-order chi connectivity index (χ0) is 15.2. The van der Waals surface area contributed by atoms with Crippen LogP contribution in [0.3, 0.4) is 0 Å². The summed E-state index contributed by atoms with van der Waals surface area (Å²) < 4.78 is 5.84. The monoisotopic (exact) mass is 286 g/mol. The lowest BCUT2D eigenvalue weighted by atomic mass is 10.0. The molecule has 0 saturated heterocycles. The van der Waals surface area contributed by atoms with Crippen LogP contribution in [-0.2, 0) is 6.42 Å². The second kappa shape index (κ2) is 7.41. The summed E-state index contributed by atoms with van der Waals surface area (Å²) in [7, 11) is 0. The summed E-state index contributed by atoms with van der Waals surface area (Å²) in [4.78, 5) is 4.37. The van der Waals surface area contributed by atoms with Crippen molar-refractivity contribution >= 4 is 0 Å². The minimum atomic E-state index is 0.532. The topological polar surface area (TPSA) is 38.1 Å². The van der Waals surface area contributed by atoms with Gasteiger partial charge in [-0.1, -0.05) is 52.0 Å². The molecule has 3 nitrogen and oxygen atoms in total. The lowest BCUT2D eigenvalue weighted by Gasteiger charge is -2.06. The Hall–Kier alpha value is -1.61. The molecule has 2 aromatic rings. The van der Waals surface area contributed by atoms with Crippen molar-refractivity contribution in [2.75, 3.05) is 6.54 Å². The molecular weight excluding hydrogens is 260 g/mol. The third kappa shape index (κ3) is 4.71. The summed E-state index contributed by atoms with van der Waals surface area (Å²) in [5, 5.41) is 3.40. The Kier molecular flexibility index (Phi) is 5.57. The number of hydrogen-bond donors (Lipinski definition) is 1. The van der Waals surface area contributed by atoms with Crippen molar-refractivity contribution in [2.45, 2.75) is 52.5 Å². The van der Waals surface area contributed by atoms with Crippen LogP contribution in [0.5, 0.6) is 0 Å². The summed E-state index contributed by atoms with van der Waals surface area (Å²) in [5.74, 6) is 2.23. The van der Waals surface area contributed by atoms with Gasteiger partial charge in [-0.2, -0.15) is 0 Å². The first kappa shape index (κ1) is 15.8. The van der Waals surface area contributed by atoms with Crippen molar-refractivity contribution in [1.29, 1.82) is 0 Å². The number of hydrogen-bond acceptors (Lipinski definition) is 3. The van der Waals surface area contributed by atoms with Crippen molar-refractivity contribution in [3.63, 3.8) is 0 Å². The first-order valence-electron chi connectivity index (χ1n) is 7.84. The molecule has 0 radical (unpaired) electrons. The highest BCUT2D eigenvalue weighted by Gasteiger charge is 2.07. The summed E-state index contributed by atoms with van der Waals surface area (Å²) >= 11 is 0. The second-order valence-electron chi connectivity index (χ2n) is 6.11. The van der Waals surface area contributed by atoms with Gasteiger partial charge in [-0.25, -0.2) is 4.98 Å². The number of aryl methyl sites for hydroxylation is 1. The molecule has 2 rings (SSSR count). The number of oxazole rings is 1. The Bertz CT molecular complexity index is 541. The van der Waals surface area contributed by atoms with Crippen LogP contribution in [0.4, 0.5) is 0 Å². The van der Waals surface area contributed by atoms with E-state index < -0.39 is 0 Å². The lowest BCUT2D eigenvalue weighted by Crippen LogP contribution is -2.23. The van der Waals surface area contributed by atoms with Crippen molar-refractivity contribution in [1.82, 2.24) is 10.3 Å². The van der Waals surface area contributed by atoms with E-state index in [1.54, 1.807) is 0 Å². The molecule has 0 aliphatic carbocycles. The van der Waals surface area contributed by atoms with Gasteiger partial charge in [-0.05, 0) is 24.4 Å². The van der Waals surface area contributed by atoms with Gasteiger partial charge in [0.15, 0.2) is 11.7 Å². The van der Waals surface area contributed by atoms with E-state index in [1.165, 1.54) is 5.56 Å². The molecule has 1 aromatic heterocycles. The minimum absolute atomic E-state index is 0.532. The maximum absolute atomic E-state index is 5.84. The number of benzene rings is 1. The molecule has 21 heavy (non-hydrogen) atoms. The van der Waals surface area contributed by atoms with Crippen LogP contribution in [0, 0.1) is 0 Å². The zero-order valence-electron chi connectivity index (χ0n) is 13.5. The Morgan fingerprint density at radius 2 is 1.81 bits per heavy atom. The average Bonchev–Trinajstić information content (AvgIpc) is 2.92. The standard InChI is InChI=1S/C18H26N2O/c1-13(2)15-7-9-16(10-8-15)17-12-20-18(21-17)6-5-11-19-14(3)4/h7-10,12-14,19H,5-6,11H2,1-4H3. The van der Waals surface area contributed by atoms with E-state index >= 15 is 0 Å². The highest BCUT2D eigenvalue weighted by atomic mass is 16.4. The van der Waals surface area contributed by atoms with Crippen molar-refractivity contribution < 1.29 is 4.42 Å². The van der Waals surface area contributed by atoms with Crippen molar-refractivity contribution in [3.05, 3.63) is 41.9 Å². The van der Waals surface area contributed by atoms with Gasteiger partial charge in [0.1, 0.15) is 0 Å². The lowest BCUT2D eigenvalue weighted by molar-refractivity contribution is 0.484. The molecule has 1 heterocycles. The molecule has 0 saturated carbocycles. The van der Waals surface area contributed by atoms with Crippen LogP contribution >= 0.6 is 0 Å². The zero-order valence-corrected chi connectivity index (χ0v) is 13.5. The Labute approximate surface area is 127 Å². The van der Waals surface area contributed by atoms with E-state index in [0.717, 1.165) is 36.6 Å². The van der Waals surface area contributed by atoms with E-state index in [2.05, 4.69) is 62.3 Å². The molecule has 0 unspecified atom stereocenters. The predicted molar refractivity (Wildman–Crippen MR) is 87.5 cm³/mol. The molecule has 0 spiro atoms. The van der Waals surface area contributed by atoms with Crippen LogP contribution in [0.2, 0.25) is 0 Å². The predicted octanol–water partition coefficient (Wildman–Crippen LogP) is 4.40. The molecule has 0 bridgehead atoms. The van der Waals surface area contributed by atoms with Crippen LogP contribution in [0.25, 0.3) is 11.3 Å². The maximum atomic E-state index is 5.84. The number of nitrogens with zero attached hydrogens (tertiary/aromatic N) is 1. The van der Waals surface area contributed by atoms with Crippen LogP contribution in [0.1, 0.15) is 51.5 Å². The highest BCUT2D eigenvalue weighted by Crippen LogP contribution is 2.23. The summed E-state index contributed by atoms with van der Waals surface area (Å²) in [6, 6.07) is 9.08. The molecule has 114 valence electrons. The molecule has 1 aromatic carbocycles. The average molecular weight is 286 g/mol. The van der Waals surface area contributed by atoms with Gasteiger partial charge in [0, 0.05) is 18.0 Å². The fourth-order valence-electron chi connectivity index (χ4n) is 2.22. The number of rotatable bonds is 7. The van der Waals surface area contributed by atoms with E-state index in [-0.39, 0.29) is 0 Å². The van der Waals surface area contributed by atoms with E-state index in [0.29, 0.717) is 12.0 Å². The fourth-order valence-corrected chi connectivity index (χ4v) is 2.22.